The van der Waals surface area contributed by atoms with Crippen molar-refractivity contribution >= 4 is 0 Å². The number of aliphatic hydroxyl groups is 1. The number of hydrogen-bond donors (Lipinski definition) is 1. The van der Waals surface area contributed by atoms with Gasteiger partial charge in [0.05, 0.1) is 33.5 Å². The fraction of sp³-hybridized carbons (Fsp3) is 0.364. The van der Waals surface area contributed by atoms with E-state index in [4.69, 9.17) is 14.2 Å². The van der Waals surface area contributed by atoms with Crippen LogP contribution in [0.2, 0.25) is 0 Å². The van der Waals surface area contributed by atoms with E-state index < -0.39 is 6.10 Å². The van der Waals surface area contributed by atoms with Crippen molar-refractivity contribution in [2.24, 2.45) is 0 Å². The van der Waals surface area contributed by atoms with E-state index in [0.29, 0.717) is 37.7 Å². The Kier molecular flexibility index (Phi) is 8.94. The van der Waals surface area contributed by atoms with Gasteiger partial charge in [0.1, 0.15) is 5.82 Å². The lowest BCUT2D eigenvalue weighted by molar-refractivity contribution is 0.0228. The van der Waals surface area contributed by atoms with Crippen molar-refractivity contribution in [2.75, 3.05) is 34.0 Å². The van der Waals surface area contributed by atoms with Gasteiger partial charge in [-0.25, -0.2) is 4.39 Å². The molecule has 0 amide bonds. The molecule has 0 spiro atoms. The highest BCUT2D eigenvalue weighted by Crippen LogP contribution is 2.28. The van der Waals surface area contributed by atoms with E-state index >= 15 is 0 Å². The molecule has 28 heavy (non-hydrogen) atoms. The zero-order chi connectivity index (χ0) is 20.4. The van der Waals surface area contributed by atoms with Crippen molar-refractivity contribution < 1.29 is 23.7 Å². The summed E-state index contributed by atoms with van der Waals surface area (Å²) in [6.07, 6.45) is 0.993. The molecular formula is C22H28FNO4. The highest BCUT2D eigenvalue weighted by atomic mass is 19.1. The number of halogens is 1. The molecule has 0 saturated carbocycles. The fourth-order valence-electron chi connectivity index (χ4n) is 2.91. The van der Waals surface area contributed by atoms with Crippen molar-refractivity contribution in [3.05, 3.63) is 72.1 Å². The lowest BCUT2D eigenvalue weighted by atomic mass is 10.1. The normalized spacial score (nSPS) is 12.0. The van der Waals surface area contributed by atoms with Crippen LogP contribution >= 0.6 is 0 Å². The molecule has 1 atom stereocenters. The predicted octanol–water partition coefficient (Wildman–Crippen LogP) is 3.41. The van der Waals surface area contributed by atoms with Crippen molar-refractivity contribution in [1.82, 2.24) is 4.90 Å². The minimum atomic E-state index is -0.652. The zero-order valence-corrected chi connectivity index (χ0v) is 16.4. The summed E-state index contributed by atoms with van der Waals surface area (Å²) in [5.74, 6) is 1.04. The number of nitrogens with zero attached hydrogens (tertiary/aromatic N) is 1. The Morgan fingerprint density at radius 3 is 2.32 bits per heavy atom. The minimum Gasteiger partial charge on any atom is -0.493 e. The van der Waals surface area contributed by atoms with Crippen LogP contribution in [0.5, 0.6) is 11.5 Å². The summed E-state index contributed by atoms with van der Waals surface area (Å²) in [7, 11) is 3.19. The van der Waals surface area contributed by atoms with E-state index in [0.717, 1.165) is 11.1 Å². The Balaban J connectivity index is 2.12. The molecule has 0 fully saturated rings. The van der Waals surface area contributed by atoms with E-state index in [9.17, 15) is 9.50 Å². The van der Waals surface area contributed by atoms with Crippen molar-refractivity contribution in [1.29, 1.82) is 0 Å². The molecule has 0 aliphatic carbocycles. The number of ether oxygens (including phenoxy) is 3. The van der Waals surface area contributed by atoms with Crippen LogP contribution in [0.15, 0.2) is 55.1 Å². The van der Waals surface area contributed by atoms with Gasteiger partial charge < -0.3 is 19.3 Å². The van der Waals surface area contributed by atoms with Gasteiger partial charge in [0.25, 0.3) is 0 Å². The average Bonchev–Trinajstić information content (AvgIpc) is 2.69. The van der Waals surface area contributed by atoms with Gasteiger partial charge in [-0.15, -0.1) is 6.58 Å². The van der Waals surface area contributed by atoms with Crippen LogP contribution in [0.25, 0.3) is 0 Å². The molecule has 2 rings (SSSR count). The summed E-state index contributed by atoms with van der Waals surface area (Å²) in [6, 6.07) is 12.1. The Morgan fingerprint density at radius 2 is 1.68 bits per heavy atom. The number of aliphatic hydroxyl groups excluding tert-OH is 1. The maximum absolute atomic E-state index is 13.2. The predicted molar refractivity (Wildman–Crippen MR) is 107 cm³/mol. The van der Waals surface area contributed by atoms with Gasteiger partial charge in [-0.1, -0.05) is 24.3 Å². The summed E-state index contributed by atoms with van der Waals surface area (Å²) < 4.78 is 29.2. The van der Waals surface area contributed by atoms with Gasteiger partial charge in [-0.3, -0.25) is 4.90 Å². The maximum Gasteiger partial charge on any atom is 0.161 e. The van der Waals surface area contributed by atoms with Gasteiger partial charge in [-0.2, -0.15) is 0 Å². The number of hydrogen-bond acceptors (Lipinski definition) is 5. The van der Waals surface area contributed by atoms with Gasteiger partial charge in [-0.05, 0) is 35.4 Å². The number of benzene rings is 2. The van der Waals surface area contributed by atoms with Crippen LogP contribution in [0.4, 0.5) is 4.39 Å². The van der Waals surface area contributed by atoms with Crippen molar-refractivity contribution in [3.8, 4) is 11.5 Å². The first kappa shape index (κ1) is 21.9. The molecule has 1 N–H and O–H groups in total. The second-order valence-electron chi connectivity index (χ2n) is 6.47. The molecule has 152 valence electrons. The maximum atomic E-state index is 13.2. The summed E-state index contributed by atoms with van der Waals surface area (Å²) >= 11 is 0. The highest BCUT2D eigenvalue weighted by molar-refractivity contribution is 5.42. The monoisotopic (exact) mass is 389 g/mol. The largest absolute Gasteiger partial charge is 0.493 e. The molecule has 0 heterocycles. The van der Waals surface area contributed by atoms with E-state index in [-0.39, 0.29) is 12.4 Å². The Labute approximate surface area is 166 Å². The summed E-state index contributed by atoms with van der Waals surface area (Å²) in [5, 5.41) is 10.3. The molecule has 0 aromatic heterocycles. The molecule has 2 aromatic rings. The molecule has 6 heteroatoms. The Bertz CT molecular complexity index is 736. The third-order valence-corrected chi connectivity index (χ3v) is 4.19. The second kappa shape index (κ2) is 11.4. The molecule has 0 radical (unpaired) electrons. The van der Waals surface area contributed by atoms with Crippen LogP contribution in [0, 0.1) is 5.82 Å². The first-order valence-electron chi connectivity index (χ1n) is 9.10. The van der Waals surface area contributed by atoms with Gasteiger partial charge >= 0.3 is 0 Å². The number of rotatable bonds is 12. The first-order valence-corrected chi connectivity index (χ1v) is 9.10. The summed E-state index contributed by atoms with van der Waals surface area (Å²) in [4.78, 5) is 2.08. The van der Waals surface area contributed by atoms with Crippen LogP contribution in [0.1, 0.15) is 11.1 Å². The standard InChI is InChI=1S/C22H28FNO4/c1-4-11-28-16-20(25)15-24(13-17-5-8-19(23)9-6-17)14-18-7-10-21(26-2)22(12-18)27-3/h4-10,12,20,25H,1,11,13-16H2,2-3H3/t20-/m1/s1. The topological polar surface area (TPSA) is 51.2 Å². The first-order chi connectivity index (χ1) is 13.5. The Morgan fingerprint density at radius 1 is 1.04 bits per heavy atom. The molecule has 0 aliphatic heterocycles. The van der Waals surface area contributed by atoms with Crippen LogP contribution in [-0.4, -0.2) is 50.1 Å². The lowest BCUT2D eigenvalue weighted by Gasteiger charge is -2.25. The zero-order valence-electron chi connectivity index (χ0n) is 16.4. The fourth-order valence-corrected chi connectivity index (χ4v) is 2.91. The molecule has 0 aliphatic rings. The SMILES string of the molecule is C=CCOC[C@H](O)CN(Cc1ccc(F)cc1)Cc1ccc(OC)c(OC)c1. The van der Waals surface area contributed by atoms with Crippen LogP contribution in [-0.2, 0) is 17.8 Å². The minimum absolute atomic E-state index is 0.220. The quantitative estimate of drug-likeness (QED) is 0.445. The molecule has 2 aromatic carbocycles. The summed E-state index contributed by atoms with van der Waals surface area (Å²) in [5.41, 5.74) is 1.97. The summed E-state index contributed by atoms with van der Waals surface area (Å²) in [6.45, 7) is 5.76. The van der Waals surface area contributed by atoms with Crippen molar-refractivity contribution in [3.63, 3.8) is 0 Å². The molecule has 0 unspecified atom stereocenters. The second-order valence-corrected chi connectivity index (χ2v) is 6.47. The Hall–Kier alpha value is -2.41. The molecular weight excluding hydrogens is 361 g/mol. The van der Waals surface area contributed by atoms with Crippen molar-refractivity contribution in [2.45, 2.75) is 19.2 Å². The molecule has 5 nitrogen and oxygen atoms in total. The number of methoxy groups -OCH3 is 2. The van der Waals surface area contributed by atoms with E-state index in [1.54, 1.807) is 32.4 Å². The van der Waals surface area contributed by atoms with Gasteiger partial charge in [0.15, 0.2) is 11.5 Å². The van der Waals surface area contributed by atoms with Gasteiger partial charge in [0.2, 0.25) is 0 Å². The highest BCUT2D eigenvalue weighted by Gasteiger charge is 2.15. The van der Waals surface area contributed by atoms with Crippen LogP contribution in [0.3, 0.4) is 0 Å². The van der Waals surface area contributed by atoms with Crippen LogP contribution < -0.4 is 9.47 Å². The lowest BCUT2D eigenvalue weighted by Crippen LogP contribution is -2.34. The average molecular weight is 389 g/mol. The third kappa shape index (κ3) is 6.96. The smallest absolute Gasteiger partial charge is 0.161 e. The van der Waals surface area contributed by atoms with E-state index in [1.807, 2.05) is 18.2 Å². The third-order valence-electron chi connectivity index (χ3n) is 4.19. The molecule has 0 saturated heterocycles. The van der Waals surface area contributed by atoms with E-state index in [2.05, 4.69) is 11.5 Å². The molecule has 0 bridgehead atoms. The van der Waals surface area contributed by atoms with Gasteiger partial charge in [0, 0.05) is 19.6 Å². The van der Waals surface area contributed by atoms with E-state index in [1.165, 1.54) is 12.1 Å².